The lowest BCUT2D eigenvalue weighted by Crippen LogP contribution is -2.54. The molecule has 3 rings (SSSR count). The monoisotopic (exact) mass is 379 g/mol. The Morgan fingerprint density at radius 2 is 1.89 bits per heavy atom. The van der Waals surface area contributed by atoms with Gasteiger partial charge in [-0.15, -0.1) is 0 Å². The number of benzene rings is 1. The zero-order valence-electron chi connectivity index (χ0n) is 15.5. The molecule has 2 amide bonds. The number of amides is 2. The zero-order valence-corrected chi connectivity index (χ0v) is 15.5. The molecule has 0 spiro atoms. The molecule has 0 aromatic heterocycles. The van der Waals surface area contributed by atoms with E-state index in [0.29, 0.717) is 11.8 Å². The predicted molar refractivity (Wildman–Crippen MR) is 97.5 cm³/mol. The maximum Gasteiger partial charge on any atom is 0.222 e. The van der Waals surface area contributed by atoms with Gasteiger partial charge < -0.3 is 16.4 Å². The first-order chi connectivity index (χ1) is 12.8. The number of fused-ring (bicyclic) bond motifs is 2. The molecule has 2 aliphatic rings. The average Bonchev–Trinajstić information content (AvgIpc) is 2.54. The number of hydrogen-bond acceptors (Lipinski definition) is 3. The van der Waals surface area contributed by atoms with Crippen LogP contribution >= 0.6 is 0 Å². The number of hydrogen-bond donors (Lipinski definition) is 3. The van der Waals surface area contributed by atoms with Crippen LogP contribution in [0.25, 0.3) is 0 Å². The van der Waals surface area contributed by atoms with Gasteiger partial charge in [-0.25, -0.2) is 8.78 Å². The summed E-state index contributed by atoms with van der Waals surface area (Å²) in [6.07, 6.45) is 4.98. The SMILES string of the molecule is CC(=O)NC(CC(=O)NC1C2CCCC1CC(N)C2)c1ccc(F)cc1F. The number of rotatable bonds is 5. The Kier molecular flexibility index (Phi) is 6.09. The summed E-state index contributed by atoms with van der Waals surface area (Å²) in [6, 6.07) is 2.59. The molecule has 2 aliphatic carbocycles. The molecule has 148 valence electrons. The fourth-order valence-electron chi connectivity index (χ4n) is 4.72. The van der Waals surface area contributed by atoms with Gasteiger partial charge in [0.25, 0.3) is 0 Å². The van der Waals surface area contributed by atoms with Crippen molar-refractivity contribution in [3.8, 4) is 0 Å². The van der Waals surface area contributed by atoms with Gasteiger partial charge in [0.2, 0.25) is 11.8 Å². The zero-order chi connectivity index (χ0) is 19.6. The fourth-order valence-corrected chi connectivity index (χ4v) is 4.72. The van der Waals surface area contributed by atoms with E-state index >= 15 is 0 Å². The number of nitrogens with one attached hydrogen (secondary N) is 2. The van der Waals surface area contributed by atoms with Crippen LogP contribution in [-0.2, 0) is 9.59 Å². The molecule has 2 bridgehead atoms. The van der Waals surface area contributed by atoms with Gasteiger partial charge in [0.05, 0.1) is 12.5 Å². The molecule has 0 saturated heterocycles. The van der Waals surface area contributed by atoms with Crippen LogP contribution in [0.1, 0.15) is 57.1 Å². The lowest BCUT2D eigenvalue weighted by molar-refractivity contribution is -0.124. The summed E-state index contributed by atoms with van der Waals surface area (Å²) < 4.78 is 27.3. The molecule has 1 aromatic rings. The van der Waals surface area contributed by atoms with E-state index in [0.717, 1.165) is 44.2 Å². The van der Waals surface area contributed by atoms with Crippen molar-refractivity contribution < 1.29 is 18.4 Å². The van der Waals surface area contributed by atoms with Crippen LogP contribution in [0.5, 0.6) is 0 Å². The second-order valence-electron chi connectivity index (χ2n) is 7.90. The maximum absolute atomic E-state index is 14.2. The molecule has 3 unspecified atom stereocenters. The summed E-state index contributed by atoms with van der Waals surface area (Å²) in [4.78, 5) is 24.2. The first-order valence-electron chi connectivity index (χ1n) is 9.60. The average molecular weight is 379 g/mol. The summed E-state index contributed by atoms with van der Waals surface area (Å²) in [5, 5.41) is 5.70. The molecule has 2 saturated carbocycles. The van der Waals surface area contributed by atoms with E-state index in [-0.39, 0.29) is 35.9 Å². The minimum absolute atomic E-state index is 0.0853. The number of halogens is 2. The van der Waals surface area contributed by atoms with E-state index in [2.05, 4.69) is 10.6 Å². The van der Waals surface area contributed by atoms with Gasteiger partial charge in [-0.1, -0.05) is 12.5 Å². The molecule has 4 N–H and O–H groups in total. The van der Waals surface area contributed by atoms with Crippen LogP contribution in [0.2, 0.25) is 0 Å². The molecular formula is C20H27F2N3O2. The smallest absolute Gasteiger partial charge is 0.222 e. The molecule has 1 aromatic carbocycles. The largest absolute Gasteiger partial charge is 0.353 e. The highest BCUT2D eigenvalue weighted by Crippen LogP contribution is 2.39. The van der Waals surface area contributed by atoms with E-state index < -0.39 is 17.7 Å². The highest BCUT2D eigenvalue weighted by molar-refractivity contribution is 5.79. The standard InChI is InChI=1S/C20H27F2N3O2/c1-11(26)24-18(16-6-5-14(21)9-17(16)22)10-19(27)25-20-12-3-2-4-13(20)8-15(23)7-12/h5-6,9,12-13,15,18,20H,2-4,7-8,10,23H2,1H3,(H,24,26)(H,25,27). The van der Waals surface area contributed by atoms with Gasteiger partial charge in [-0.3, -0.25) is 9.59 Å². The van der Waals surface area contributed by atoms with Gasteiger partial charge in [0, 0.05) is 30.6 Å². The molecule has 0 radical (unpaired) electrons. The summed E-state index contributed by atoms with van der Waals surface area (Å²) in [6.45, 7) is 1.30. The number of carbonyl (C=O) groups excluding carboxylic acids is 2. The number of nitrogens with two attached hydrogens (primary N) is 1. The third-order valence-corrected chi connectivity index (χ3v) is 5.81. The van der Waals surface area contributed by atoms with Crippen molar-refractivity contribution in [3.63, 3.8) is 0 Å². The Bertz CT molecular complexity index is 698. The van der Waals surface area contributed by atoms with Gasteiger partial charge >= 0.3 is 0 Å². The molecule has 0 heterocycles. The van der Waals surface area contributed by atoms with Crippen LogP contribution in [0.3, 0.4) is 0 Å². The summed E-state index contributed by atoms with van der Waals surface area (Å²) >= 11 is 0. The van der Waals surface area contributed by atoms with Crippen molar-refractivity contribution in [1.29, 1.82) is 0 Å². The highest BCUT2D eigenvalue weighted by Gasteiger charge is 2.40. The van der Waals surface area contributed by atoms with E-state index in [1.165, 1.54) is 13.0 Å². The Morgan fingerprint density at radius 1 is 1.22 bits per heavy atom. The molecule has 7 heteroatoms. The Balaban J connectivity index is 1.70. The van der Waals surface area contributed by atoms with Crippen molar-refractivity contribution in [2.24, 2.45) is 17.6 Å². The molecule has 2 fully saturated rings. The summed E-state index contributed by atoms with van der Waals surface area (Å²) in [5.74, 6) is -1.35. The summed E-state index contributed by atoms with van der Waals surface area (Å²) in [7, 11) is 0. The Morgan fingerprint density at radius 3 is 2.48 bits per heavy atom. The first-order valence-corrected chi connectivity index (χ1v) is 9.60. The number of carbonyl (C=O) groups is 2. The topological polar surface area (TPSA) is 84.2 Å². The van der Waals surface area contributed by atoms with Crippen LogP contribution < -0.4 is 16.4 Å². The fraction of sp³-hybridized carbons (Fsp3) is 0.600. The van der Waals surface area contributed by atoms with E-state index in [4.69, 9.17) is 5.73 Å². The van der Waals surface area contributed by atoms with Crippen LogP contribution in [0, 0.1) is 23.5 Å². The Labute approximate surface area is 158 Å². The lowest BCUT2D eigenvalue weighted by atomic mass is 9.67. The molecule has 0 aliphatic heterocycles. The minimum Gasteiger partial charge on any atom is -0.353 e. The molecule has 5 nitrogen and oxygen atoms in total. The predicted octanol–water partition coefficient (Wildman–Crippen LogP) is 2.55. The van der Waals surface area contributed by atoms with E-state index in [1.54, 1.807) is 0 Å². The second-order valence-corrected chi connectivity index (χ2v) is 7.90. The summed E-state index contributed by atoms with van der Waals surface area (Å²) in [5.41, 5.74) is 6.23. The van der Waals surface area contributed by atoms with E-state index in [1.807, 2.05) is 0 Å². The third-order valence-electron chi connectivity index (χ3n) is 5.81. The van der Waals surface area contributed by atoms with Crippen LogP contribution in [0.15, 0.2) is 18.2 Å². The minimum atomic E-state index is -0.839. The maximum atomic E-state index is 14.2. The van der Waals surface area contributed by atoms with Gasteiger partial charge in [-0.05, 0) is 43.6 Å². The second kappa shape index (κ2) is 8.33. The molecule has 27 heavy (non-hydrogen) atoms. The lowest BCUT2D eigenvalue weighted by Gasteiger charge is -2.45. The molecular weight excluding hydrogens is 352 g/mol. The van der Waals surface area contributed by atoms with Crippen molar-refractivity contribution in [3.05, 3.63) is 35.4 Å². The van der Waals surface area contributed by atoms with Crippen LogP contribution in [-0.4, -0.2) is 23.9 Å². The van der Waals surface area contributed by atoms with Gasteiger partial charge in [0.1, 0.15) is 11.6 Å². The van der Waals surface area contributed by atoms with Gasteiger partial charge in [0.15, 0.2) is 0 Å². The Hall–Kier alpha value is -2.02. The van der Waals surface area contributed by atoms with E-state index in [9.17, 15) is 18.4 Å². The normalized spacial score (nSPS) is 28.3. The van der Waals surface area contributed by atoms with Crippen molar-refractivity contribution in [1.82, 2.24) is 10.6 Å². The quantitative estimate of drug-likeness (QED) is 0.735. The molecule has 3 atom stereocenters. The van der Waals surface area contributed by atoms with Crippen molar-refractivity contribution in [2.45, 2.75) is 63.6 Å². The highest BCUT2D eigenvalue weighted by atomic mass is 19.1. The first kappa shape index (κ1) is 19.7. The third kappa shape index (κ3) is 4.83. The van der Waals surface area contributed by atoms with Crippen molar-refractivity contribution in [2.75, 3.05) is 0 Å². The van der Waals surface area contributed by atoms with Crippen molar-refractivity contribution >= 4 is 11.8 Å². The van der Waals surface area contributed by atoms with Gasteiger partial charge in [-0.2, -0.15) is 0 Å². The van der Waals surface area contributed by atoms with Crippen LogP contribution in [0.4, 0.5) is 8.78 Å².